The maximum Gasteiger partial charge on any atom is 0.216 e. The summed E-state index contributed by atoms with van der Waals surface area (Å²) in [5, 5.41) is 8.56. The van der Waals surface area contributed by atoms with E-state index in [4.69, 9.17) is 0 Å². The van der Waals surface area contributed by atoms with Gasteiger partial charge in [0.25, 0.3) is 0 Å². The van der Waals surface area contributed by atoms with Crippen molar-refractivity contribution in [3.63, 3.8) is 0 Å². The lowest BCUT2D eigenvalue weighted by atomic mass is 9.26. The molecular weight excluding hydrogens is 1020 g/mol. The summed E-state index contributed by atoms with van der Waals surface area (Å²) in [4.78, 5) is 0. The largest absolute Gasteiger partial charge is 0.216 e. The van der Waals surface area contributed by atoms with Crippen molar-refractivity contribution in [2.45, 2.75) is 151 Å². The van der Waals surface area contributed by atoms with Crippen LogP contribution in [0.5, 0.6) is 0 Å². The SMILES string of the molecule is CC12CCCCC1(C)c1cc(-c3cc(-c4ccccc4)c4ccc5c(-c6ccc7c(c6)C6(C)CCCCC6(C)B7c6ccccc6)cc(-c6ccc7c(c6)C6(C)CCCCC6(C)B7c6ccccc6)c6ccc3c4c56)ccc1B2c1ccccc1. The Bertz CT molecular complexity index is 4350. The van der Waals surface area contributed by atoms with Gasteiger partial charge in [-0.1, -0.05) is 332 Å². The van der Waals surface area contributed by atoms with Crippen LogP contribution in [-0.4, -0.2) is 20.1 Å². The minimum Gasteiger partial charge on any atom is -0.0735 e. The van der Waals surface area contributed by atoms with Gasteiger partial charge in [-0.05, 0) is 157 Å². The fraction of sp³-hybridized carbons (Fsp3) is 0.293. The fourth-order valence-electron chi connectivity index (χ4n) is 20.8. The molecule has 0 N–H and O–H groups in total. The van der Waals surface area contributed by atoms with Gasteiger partial charge in [-0.2, -0.15) is 0 Å². The summed E-state index contributed by atoms with van der Waals surface area (Å²) >= 11 is 0. The number of rotatable bonds is 7. The van der Waals surface area contributed by atoms with Crippen molar-refractivity contribution in [1.29, 1.82) is 0 Å². The van der Waals surface area contributed by atoms with Crippen molar-refractivity contribution < 1.29 is 0 Å². The topological polar surface area (TPSA) is 0 Å². The molecule has 0 radical (unpaired) electrons. The van der Waals surface area contributed by atoms with E-state index in [1.807, 2.05) is 0 Å². The third-order valence-corrected chi connectivity index (χ3v) is 25.8. The average molecular weight is 1090 g/mol. The first-order chi connectivity index (χ1) is 41.4. The van der Waals surface area contributed by atoms with E-state index < -0.39 is 0 Å². The second kappa shape index (κ2) is 18.6. The van der Waals surface area contributed by atoms with Crippen LogP contribution in [0.15, 0.2) is 212 Å². The van der Waals surface area contributed by atoms with Gasteiger partial charge in [-0.3, -0.25) is 0 Å². The number of benzene rings is 11. The Morgan fingerprint density at radius 2 is 0.529 bits per heavy atom. The van der Waals surface area contributed by atoms with Gasteiger partial charge in [0.1, 0.15) is 0 Å². The Labute approximate surface area is 506 Å². The zero-order valence-corrected chi connectivity index (χ0v) is 50.9. The standard InChI is InChI=1S/C82H77B3/c1-77-43-19-22-46-80(77,4)83(58-27-13-8-14-28-58)72-40-33-55(49-69(72)77)66-52-65(54-25-11-7-12-26-54)61-36-37-63-67(56-34-41-73-70(50-56)78(2)44-20-23-47-81(78,5)84(73)59-29-15-9-16-30-59)53-68(64-39-38-62(66)75(61)76(63)64)57-35-42-74-71(51-57)79(3)45-21-24-48-82(79,6)85(74)60-31-17-10-18-32-60/h7-18,25-42,49-53H,19-24,43-48H2,1-6H3. The minimum absolute atomic E-state index is 0.0592. The normalized spacial score (nSPS) is 26.6. The highest BCUT2D eigenvalue weighted by Gasteiger charge is 2.63. The predicted molar refractivity (Wildman–Crippen MR) is 369 cm³/mol. The summed E-state index contributed by atoms with van der Waals surface area (Å²) in [5.74, 6) is 0. The molecule has 6 atom stereocenters. The summed E-state index contributed by atoms with van der Waals surface area (Å²) in [6.45, 7) is 16.9. The van der Waals surface area contributed by atoms with Crippen LogP contribution < -0.4 is 32.8 Å². The molecule has 0 aromatic heterocycles. The molecule has 6 unspecified atom stereocenters. The average Bonchev–Trinajstić information content (AvgIpc) is 1.71. The molecule has 414 valence electrons. The van der Waals surface area contributed by atoms with Crippen LogP contribution in [0.1, 0.15) is 135 Å². The van der Waals surface area contributed by atoms with Crippen molar-refractivity contribution >= 4 is 85.2 Å². The van der Waals surface area contributed by atoms with Gasteiger partial charge in [0.15, 0.2) is 0 Å². The Hall–Kier alpha value is -7.35. The van der Waals surface area contributed by atoms with E-state index in [9.17, 15) is 0 Å². The van der Waals surface area contributed by atoms with E-state index in [1.54, 1.807) is 27.6 Å². The molecule has 3 saturated carbocycles. The molecule has 0 amide bonds. The molecule has 0 bridgehead atoms. The van der Waals surface area contributed by atoms with Crippen molar-refractivity contribution in [1.82, 2.24) is 0 Å². The van der Waals surface area contributed by atoms with Crippen molar-refractivity contribution in [2.24, 2.45) is 0 Å². The highest BCUT2D eigenvalue weighted by molar-refractivity contribution is 6.90. The monoisotopic (exact) mass is 1090 g/mol. The summed E-state index contributed by atoms with van der Waals surface area (Å²) in [7, 11) is 0. The molecule has 0 spiro atoms. The molecule has 6 aliphatic rings. The highest BCUT2D eigenvalue weighted by atomic mass is 14.6. The van der Waals surface area contributed by atoms with Crippen LogP contribution in [0.2, 0.25) is 15.9 Å². The van der Waals surface area contributed by atoms with Crippen LogP contribution >= 0.6 is 0 Å². The van der Waals surface area contributed by atoms with Crippen LogP contribution in [0.4, 0.5) is 0 Å². The van der Waals surface area contributed by atoms with Crippen LogP contribution in [0.3, 0.4) is 0 Å². The summed E-state index contributed by atoms with van der Waals surface area (Å²) < 4.78 is 0. The van der Waals surface area contributed by atoms with Crippen molar-refractivity contribution in [3.8, 4) is 44.5 Å². The quantitative estimate of drug-likeness (QED) is 0.110. The maximum absolute atomic E-state index is 2.70. The van der Waals surface area contributed by atoms with Crippen molar-refractivity contribution in [2.75, 3.05) is 0 Å². The maximum atomic E-state index is 2.70. The van der Waals surface area contributed by atoms with Crippen LogP contribution in [0.25, 0.3) is 76.8 Å². The zero-order valence-electron chi connectivity index (χ0n) is 50.9. The van der Waals surface area contributed by atoms with Gasteiger partial charge in [0, 0.05) is 0 Å². The second-order valence-corrected chi connectivity index (χ2v) is 29.2. The zero-order chi connectivity index (χ0) is 57.2. The molecule has 11 aromatic rings. The Morgan fingerprint density at radius 1 is 0.259 bits per heavy atom. The fourth-order valence-corrected chi connectivity index (χ4v) is 20.8. The third kappa shape index (κ3) is 6.97. The lowest BCUT2D eigenvalue weighted by molar-refractivity contribution is 0.243. The van der Waals surface area contributed by atoms with Gasteiger partial charge in [0.05, 0.1) is 0 Å². The molecule has 11 aromatic carbocycles. The van der Waals surface area contributed by atoms with Crippen molar-refractivity contribution in [3.05, 3.63) is 229 Å². The first-order valence-corrected chi connectivity index (χ1v) is 32.8. The van der Waals surface area contributed by atoms with E-state index in [0.29, 0.717) is 20.1 Å². The van der Waals surface area contributed by atoms with Gasteiger partial charge in [-0.25, -0.2) is 0 Å². The Morgan fingerprint density at radius 3 is 0.835 bits per heavy atom. The summed E-state index contributed by atoms with van der Waals surface area (Å²) in [6, 6.07) is 84.6. The molecule has 0 saturated heterocycles. The van der Waals surface area contributed by atoms with Gasteiger partial charge >= 0.3 is 0 Å². The molecule has 85 heavy (non-hydrogen) atoms. The number of hydrogen-bond acceptors (Lipinski definition) is 0. The number of fused-ring (bicyclic) bond motifs is 9. The highest BCUT2D eigenvalue weighted by Crippen LogP contribution is 2.65. The molecule has 0 nitrogen and oxygen atoms in total. The first-order valence-electron chi connectivity index (χ1n) is 32.8. The third-order valence-electron chi connectivity index (χ3n) is 25.8. The predicted octanol–water partition coefficient (Wildman–Crippen LogP) is 17.9. The van der Waals surface area contributed by atoms with Crippen LogP contribution in [-0.2, 0) is 16.2 Å². The minimum atomic E-state index is 0.0592. The van der Waals surface area contributed by atoms with E-state index in [1.165, 1.54) is 176 Å². The molecule has 3 aliphatic carbocycles. The smallest absolute Gasteiger partial charge is 0.0735 e. The lowest BCUT2D eigenvalue weighted by Crippen LogP contribution is -2.51. The second-order valence-electron chi connectivity index (χ2n) is 29.2. The van der Waals surface area contributed by atoms with E-state index >= 15 is 0 Å². The molecule has 3 fully saturated rings. The van der Waals surface area contributed by atoms with Crippen LogP contribution in [0, 0.1) is 0 Å². The molecule has 3 aliphatic heterocycles. The van der Waals surface area contributed by atoms with E-state index in [2.05, 4.69) is 254 Å². The van der Waals surface area contributed by atoms with Gasteiger partial charge < -0.3 is 0 Å². The number of hydrogen-bond donors (Lipinski definition) is 0. The van der Waals surface area contributed by atoms with E-state index in [-0.39, 0.29) is 32.2 Å². The van der Waals surface area contributed by atoms with Gasteiger partial charge in [-0.15, -0.1) is 0 Å². The summed E-state index contributed by atoms with van der Waals surface area (Å²) in [6.07, 6.45) is 15.2. The molecule has 17 rings (SSSR count). The molecule has 3 heteroatoms. The lowest BCUT2D eigenvalue weighted by Gasteiger charge is -2.48. The Kier molecular flexibility index (Phi) is 11.4. The van der Waals surface area contributed by atoms with E-state index in [0.717, 1.165) is 0 Å². The Balaban J connectivity index is 0.942. The summed E-state index contributed by atoms with van der Waals surface area (Å²) in [5.41, 5.74) is 24.6. The van der Waals surface area contributed by atoms with Gasteiger partial charge in [0.2, 0.25) is 20.1 Å². The molecular formula is C82H77B3. The first kappa shape index (κ1) is 52.0. The molecule has 3 heterocycles.